The Balaban J connectivity index is 1.47. The topological polar surface area (TPSA) is 71.9 Å². The van der Waals surface area contributed by atoms with E-state index in [1.165, 1.54) is 16.2 Å². The number of carbonyl (C=O) groups is 1. The maximum atomic E-state index is 12.4. The summed E-state index contributed by atoms with van der Waals surface area (Å²) in [6, 6.07) is 9.68. The van der Waals surface area contributed by atoms with Gasteiger partial charge in [0.1, 0.15) is 0 Å². The van der Waals surface area contributed by atoms with Crippen LogP contribution in [0.1, 0.15) is 0 Å². The molecule has 1 aliphatic rings. The molecule has 1 fully saturated rings. The first kappa shape index (κ1) is 19.8. The summed E-state index contributed by atoms with van der Waals surface area (Å²) in [6.45, 7) is 4.79. The third kappa shape index (κ3) is 5.74. The fourth-order valence-electron chi connectivity index (χ4n) is 3.04. The van der Waals surface area contributed by atoms with Gasteiger partial charge in [-0.25, -0.2) is 9.78 Å². The minimum Gasteiger partial charge on any atom is -0.390 e. The minimum absolute atomic E-state index is 0.263. The first-order valence-corrected chi connectivity index (χ1v) is 9.95. The van der Waals surface area contributed by atoms with Gasteiger partial charge in [0, 0.05) is 52.5 Å². The quantitative estimate of drug-likeness (QED) is 0.789. The number of benzene rings is 1. The second kappa shape index (κ2) is 9.27. The van der Waals surface area contributed by atoms with Crippen LogP contribution in [-0.2, 0) is 0 Å². The Hall–Kier alpha value is -2.00. The highest BCUT2D eigenvalue weighted by atomic mass is 32.1. The van der Waals surface area contributed by atoms with Crippen molar-refractivity contribution in [3.8, 4) is 10.4 Å². The summed E-state index contributed by atoms with van der Waals surface area (Å²) in [5, 5.41) is 13.7. The molecule has 1 saturated heterocycles. The number of nitrogens with one attached hydrogen (secondary N) is 1. The summed E-state index contributed by atoms with van der Waals surface area (Å²) in [5.41, 5.74) is 1.08. The molecule has 7 nitrogen and oxygen atoms in total. The number of carbonyl (C=O) groups excluding carboxylic acids is 1. The SMILES string of the molecule is CN1CCN(CC(O)CN(C)C(=O)Nc2ncc(-c3ccccc3)s2)CC1. The number of aliphatic hydroxyl groups is 1. The summed E-state index contributed by atoms with van der Waals surface area (Å²) in [5.74, 6) is 0. The summed E-state index contributed by atoms with van der Waals surface area (Å²) >= 11 is 1.43. The summed E-state index contributed by atoms with van der Waals surface area (Å²) < 4.78 is 0. The number of amides is 2. The second-order valence-corrected chi connectivity index (χ2v) is 7.99. The molecule has 8 heteroatoms. The molecule has 1 atom stereocenters. The third-order valence-electron chi connectivity index (χ3n) is 4.67. The molecule has 2 heterocycles. The van der Waals surface area contributed by atoms with Crippen LogP contribution in [0.15, 0.2) is 36.5 Å². The van der Waals surface area contributed by atoms with Gasteiger partial charge in [0.2, 0.25) is 0 Å². The first-order valence-electron chi connectivity index (χ1n) is 9.13. The molecule has 0 bridgehead atoms. The molecule has 1 unspecified atom stereocenters. The Labute approximate surface area is 164 Å². The lowest BCUT2D eigenvalue weighted by atomic mass is 10.2. The highest BCUT2D eigenvalue weighted by molar-refractivity contribution is 7.19. The van der Waals surface area contributed by atoms with Gasteiger partial charge in [0.25, 0.3) is 0 Å². The number of nitrogens with zero attached hydrogens (tertiary/aromatic N) is 4. The molecule has 0 aliphatic carbocycles. The van der Waals surface area contributed by atoms with Gasteiger partial charge in [-0.15, -0.1) is 0 Å². The van der Waals surface area contributed by atoms with Crippen molar-refractivity contribution in [3.05, 3.63) is 36.5 Å². The van der Waals surface area contributed by atoms with E-state index in [-0.39, 0.29) is 12.6 Å². The lowest BCUT2D eigenvalue weighted by Gasteiger charge is -2.34. The number of thiazole rings is 1. The standard InChI is InChI=1S/C19H27N5O2S/c1-22-8-10-24(11-9-22)14-16(25)13-23(2)19(26)21-18-20-12-17(27-18)15-6-4-3-5-7-15/h3-7,12,16,25H,8-11,13-14H2,1-2H3,(H,20,21,26). The number of β-amino-alcohol motifs (C(OH)–C–C–N with tert-alkyl or cyclic N) is 1. The van der Waals surface area contributed by atoms with Crippen LogP contribution in [-0.4, -0.2) is 90.3 Å². The number of urea groups is 1. The smallest absolute Gasteiger partial charge is 0.323 e. The molecule has 2 N–H and O–H groups in total. The Morgan fingerprint density at radius 3 is 2.70 bits per heavy atom. The normalized spacial score (nSPS) is 16.9. The van der Waals surface area contributed by atoms with Gasteiger partial charge in [0.15, 0.2) is 5.13 Å². The van der Waals surface area contributed by atoms with Crippen molar-refractivity contribution in [2.75, 3.05) is 58.7 Å². The van der Waals surface area contributed by atoms with Gasteiger partial charge in [-0.1, -0.05) is 41.7 Å². The van der Waals surface area contributed by atoms with E-state index in [2.05, 4.69) is 27.1 Å². The molecule has 2 amide bonds. The van der Waals surface area contributed by atoms with Crippen molar-refractivity contribution < 1.29 is 9.90 Å². The van der Waals surface area contributed by atoms with E-state index in [1.54, 1.807) is 13.2 Å². The van der Waals surface area contributed by atoms with Crippen molar-refractivity contribution in [2.24, 2.45) is 0 Å². The van der Waals surface area contributed by atoms with Crippen LogP contribution in [0.5, 0.6) is 0 Å². The minimum atomic E-state index is -0.569. The van der Waals surface area contributed by atoms with Crippen molar-refractivity contribution in [1.29, 1.82) is 0 Å². The molecule has 146 valence electrons. The molecule has 27 heavy (non-hydrogen) atoms. The Kier molecular flexibility index (Phi) is 6.78. The van der Waals surface area contributed by atoms with Gasteiger partial charge >= 0.3 is 6.03 Å². The van der Waals surface area contributed by atoms with Crippen molar-refractivity contribution in [3.63, 3.8) is 0 Å². The van der Waals surface area contributed by atoms with Crippen molar-refractivity contribution >= 4 is 22.5 Å². The molecule has 1 aliphatic heterocycles. The van der Waals surface area contributed by atoms with Crippen LogP contribution >= 0.6 is 11.3 Å². The highest BCUT2D eigenvalue weighted by Gasteiger charge is 2.20. The third-order valence-corrected chi connectivity index (χ3v) is 5.64. The number of rotatable bonds is 6. The van der Waals surface area contributed by atoms with E-state index in [0.717, 1.165) is 36.6 Å². The van der Waals surface area contributed by atoms with Crippen molar-refractivity contribution in [1.82, 2.24) is 19.7 Å². The van der Waals surface area contributed by atoms with Gasteiger partial charge in [-0.3, -0.25) is 10.2 Å². The molecule has 1 aromatic carbocycles. The monoisotopic (exact) mass is 389 g/mol. The number of aromatic nitrogens is 1. The van der Waals surface area contributed by atoms with Crippen LogP contribution in [0, 0.1) is 0 Å². The average Bonchev–Trinajstić information content (AvgIpc) is 3.12. The van der Waals surface area contributed by atoms with E-state index < -0.39 is 6.10 Å². The fourth-order valence-corrected chi connectivity index (χ4v) is 3.85. The van der Waals surface area contributed by atoms with Crippen molar-refractivity contribution in [2.45, 2.75) is 6.10 Å². The summed E-state index contributed by atoms with van der Waals surface area (Å²) in [7, 11) is 3.79. The second-order valence-electron chi connectivity index (χ2n) is 6.96. The van der Waals surface area contributed by atoms with Gasteiger partial charge < -0.3 is 14.9 Å². The fraction of sp³-hybridized carbons (Fsp3) is 0.474. The molecule has 3 rings (SSSR count). The van der Waals surface area contributed by atoms with Crippen LogP contribution in [0.2, 0.25) is 0 Å². The molecule has 1 aromatic heterocycles. The van der Waals surface area contributed by atoms with E-state index in [4.69, 9.17) is 0 Å². The lowest BCUT2D eigenvalue weighted by Crippen LogP contribution is -2.49. The predicted octanol–water partition coefficient (Wildman–Crippen LogP) is 1.88. The number of aliphatic hydroxyl groups excluding tert-OH is 1. The van der Waals surface area contributed by atoms with Gasteiger partial charge in [-0.2, -0.15) is 0 Å². The van der Waals surface area contributed by atoms with Crippen LogP contribution in [0.3, 0.4) is 0 Å². The largest absolute Gasteiger partial charge is 0.390 e. The van der Waals surface area contributed by atoms with E-state index in [0.29, 0.717) is 11.7 Å². The van der Waals surface area contributed by atoms with Gasteiger partial charge in [0.05, 0.1) is 11.0 Å². The zero-order valence-electron chi connectivity index (χ0n) is 15.8. The Bertz CT molecular complexity index is 731. The number of hydrogen-bond donors (Lipinski definition) is 2. The molecule has 0 spiro atoms. The van der Waals surface area contributed by atoms with E-state index in [1.807, 2.05) is 30.3 Å². The predicted molar refractivity (Wildman–Crippen MR) is 109 cm³/mol. The lowest BCUT2D eigenvalue weighted by molar-refractivity contribution is 0.0670. The maximum absolute atomic E-state index is 12.4. The van der Waals surface area contributed by atoms with Crippen LogP contribution < -0.4 is 5.32 Å². The first-order chi connectivity index (χ1) is 13.0. The molecule has 0 radical (unpaired) electrons. The number of likely N-dealkylation sites (N-methyl/N-ethyl adjacent to an activating group) is 2. The number of hydrogen-bond acceptors (Lipinski definition) is 6. The van der Waals surface area contributed by atoms with Crippen LogP contribution in [0.4, 0.5) is 9.93 Å². The summed E-state index contributed by atoms with van der Waals surface area (Å²) in [6.07, 6.45) is 1.19. The van der Waals surface area contributed by atoms with Gasteiger partial charge in [-0.05, 0) is 12.6 Å². The Morgan fingerprint density at radius 1 is 1.30 bits per heavy atom. The number of anilines is 1. The average molecular weight is 390 g/mol. The molecular weight excluding hydrogens is 362 g/mol. The van der Waals surface area contributed by atoms with E-state index >= 15 is 0 Å². The highest BCUT2D eigenvalue weighted by Crippen LogP contribution is 2.28. The maximum Gasteiger partial charge on any atom is 0.323 e. The van der Waals surface area contributed by atoms with Crippen LogP contribution in [0.25, 0.3) is 10.4 Å². The number of piperazine rings is 1. The zero-order valence-corrected chi connectivity index (χ0v) is 16.7. The zero-order chi connectivity index (χ0) is 19.2. The van der Waals surface area contributed by atoms with E-state index in [9.17, 15) is 9.90 Å². The molecular formula is C19H27N5O2S. The molecule has 2 aromatic rings. The molecule has 0 saturated carbocycles. The Morgan fingerprint density at radius 2 is 2.00 bits per heavy atom. The summed E-state index contributed by atoms with van der Waals surface area (Å²) in [4.78, 5) is 23.7.